The molecule has 0 bridgehead atoms. The van der Waals surface area contributed by atoms with Crippen molar-refractivity contribution in [3.05, 3.63) is 0 Å². The van der Waals surface area contributed by atoms with Gasteiger partial charge in [0.2, 0.25) is 0 Å². The molecule has 3 aliphatic rings. The second-order valence-corrected chi connectivity index (χ2v) is 8.43. The number of nitrogens with zero attached hydrogens (tertiary/aromatic N) is 1. The van der Waals surface area contributed by atoms with Crippen molar-refractivity contribution in [3.63, 3.8) is 0 Å². The highest BCUT2D eigenvalue weighted by molar-refractivity contribution is 5.09. The lowest BCUT2D eigenvalue weighted by atomic mass is 9.75. The van der Waals surface area contributed by atoms with Gasteiger partial charge < -0.3 is 5.32 Å². The summed E-state index contributed by atoms with van der Waals surface area (Å²) in [6, 6.07) is 0. The zero-order chi connectivity index (χ0) is 14.2. The molecule has 1 spiro atoms. The molecular weight excluding hydrogens is 244 g/mol. The van der Waals surface area contributed by atoms with Gasteiger partial charge in [-0.25, -0.2) is 0 Å². The summed E-state index contributed by atoms with van der Waals surface area (Å²) in [5, 5.41) is 3.99. The van der Waals surface area contributed by atoms with Crippen LogP contribution in [0.2, 0.25) is 0 Å². The van der Waals surface area contributed by atoms with Gasteiger partial charge in [-0.15, -0.1) is 0 Å². The van der Waals surface area contributed by atoms with Crippen molar-refractivity contribution in [2.75, 3.05) is 19.6 Å². The molecule has 0 aromatic heterocycles. The molecular formula is C18H34N2. The SMILES string of the molecule is CC(C)CCN1CC(C)(C2CC2)NCC12CCCCC2. The molecule has 2 nitrogen and oxygen atoms in total. The van der Waals surface area contributed by atoms with E-state index >= 15 is 0 Å². The molecule has 2 heteroatoms. The van der Waals surface area contributed by atoms with E-state index in [1.54, 1.807) is 0 Å². The Kier molecular flexibility index (Phi) is 4.16. The number of hydrogen-bond acceptors (Lipinski definition) is 2. The fraction of sp³-hybridized carbons (Fsp3) is 1.00. The van der Waals surface area contributed by atoms with Crippen LogP contribution in [0.3, 0.4) is 0 Å². The third-order valence-electron chi connectivity index (χ3n) is 6.25. The van der Waals surface area contributed by atoms with Gasteiger partial charge in [-0.1, -0.05) is 33.1 Å². The van der Waals surface area contributed by atoms with Crippen molar-refractivity contribution in [1.29, 1.82) is 0 Å². The number of rotatable bonds is 4. The number of hydrogen-bond donors (Lipinski definition) is 1. The lowest BCUT2D eigenvalue weighted by Crippen LogP contribution is -2.70. The molecule has 1 saturated heterocycles. The predicted octanol–water partition coefficient (Wildman–Crippen LogP) is 3.81. The van der Waals surface area contributed by atoms with Crippen molar-refractivity contribution < 1.29 is 0 Å². The normalized spacial score (nSPS) is 34.8. The summed E-state index contributed by atoms with van der Waals surface area (Å²) in [6.07, 6.45) is 11.5. The lowest BCUT2D eigenvalue weighted by Gasteiger charge is -2.56. The van der Waals surface area contributed by atoms with E-state index in [-0.39, 0.29) is 0 Å². The molecule has 0 amide bonds. The third kappa shape index (κ3) is 2.92. The van der Waals surface area contributed by atoms with Gasteiger partial charge in [0.15, 0.2) is 0 Å². The fourth-order valence-electron chi connectivity index (χ4n) is 4.53. The van der Waals surface area contributed by atoms with E-state index in [0.29, 0.717) is 11.1 Å². The molecule has 0 radical (unpaired) electrons. The highest BCUT2D eigenvalue weighted by Crippen LogP contribution is 2.45. The van der Waals surface area contributed by atoms with Crippen LogP contribution in [0.15, 0.2) is 0 Å². The van der Waals surface area contributed by atoms with E-state index < -0.39 is 0 Å². The quantitative estimate of drug-likeness (QED) is 0.841. The van der Waals surface area contributed by atoms with Gasteiger partial charge in [0.25, 0.3) is 0 Å². The van der Waals surface area contributed by atoms with Crippen LogP contribution in [0.25, 0.3) is 0 Å². The van der Waals surface area contributed by atoms with Crippen molar-refractivity contribution >= 4 is 0 Å². The molecule has 3 rings (SSSR count). The van der Waals surface area contributed by atoms with Gasteiger partial charge in [-0.3, -0.25) is 4.90 Å². The smallest absolute Gasteiger partial charge is 0.0334 e. The highest BCUT2D eigenvalue weighted by atomic mass is 15.3. The summed E-state index contributed by atoms with van der Waals surface area (Å²) in [5.41, 5.74) is 0.904. The first kappa shape index (κ1) is 14.8. The Bertz CT molecular complexity index is 328. The molecule has 1 unspecified atom stereocenters. The Morgan fingerprint density at radius 3 is 2.45 bits per heavy atom. The van der Waals surface area contributed by atoms with Gasteiger partial charge in [0, 0.05) is 24.2 Å². The van der Waals surface area contributed by atoms with Crippen LogP contribution in [-0.4, -0.2) is 35.6 Å². The third-order valence-corrected chi connectivity index (χ3v) is 6.25. The maximum Gasteiger partial charge on any atom is 0.0334 e. The first-order chi connectivity index (χ1) is 9.54. The fourth-order valence-corrected chi connectivity index (χ4v) is 4.53. The Morgan fingerprint density at radius 1 is 1.15 bits per heavy atom. The van der Waals surface area contributed by atoms with Crippen LogP contribution in [0.1, 0.15) is 72.1 Å². The van der Waals surface area contributed by atoms with Crippen LogP contribution in [0.4, 0.5) is 0 Å². The highest BCUT2D eigenvalue weighted by Gasteiger charge is 2.50. The molecule has 2 aliphatic carbocycles. The summed E-state index contributed by atoms with van der Waals surface area (Å²) in [7, 11) is 0. The van der Waals surface area contributed by atoms with Crippen LogP contribution in [0.5, 0.6) is 0 Å². The Labute approximate surface area is 125 Å². The van der Waals surface area contributed by atoms with E-state index in [2.05, 4.69) is 31.0 Å². The average Bonchev–Trinajstić information content (AvgIpc) is 3.26. The van der Waals surface area contributed by atoms with Crippen molar-refractivity contribution in [2.45, 2.75) is 83.2 Å². The zero-order valence-corrected chi connectivity index (χ0v) is 13.9. The maximum atomic E-state index is 3.99. The van der Waals surface area contributed by atoms with Crippen molar-refractivity contribution in [1.82, 2.24) is 10.2 Å². The summed E-state index contributed by atoms with van der Waals surface area (Å²) in [6.45, 7) is 11.1. The van der Waals surface area contributed by atoms with E-state index in [0.717, 1.165) is 11.8 Å². The second-order valence-electron chi connectivity index (χ2n) is 8.43. The minimum absolute atomic E-state index is 0.402. The standard InChI is InChI=1S/C18H34N2/c1-15(2)9-12-20-14-17(3,16-7-8-16)19-13-18(20)10-5-4-6-11-18/h15-16,19H,4-14H2,1-3H3. The Balaban J connectivity index is 1.72. The van der Waals surface area contributed by atoms with Gasteiger partial charge in [0.1, 0.15) is 0 Å². The summed E-state index contributed by atoms with van der Waals surface area (Å²) in [4.78, 5) is 2.92. The molecule has 1 heterocycles. The van der Waals surface area contributed by atoms with E-state index in [1.165, 1.54) is 71.0 Å². The van der Waals surface area contributed by atoms with Crippen LogP contribution < -0.4 is 5.32 Å². The van der Waals surface area contributed by atoms with Crippen LogP contribution in [-0.2, 0) is 0 Å². The molecule has 116 valence electrons. The topological polar surface area (TPSA) is 15.3 Å². The van der Waals surface area contributed by atoms with E-state index in [4.69, 9.17) is 0 Å². The number of nitrogens with one attached hydrogen (secondary N) is 1. The molecule has 1 atom stereocenters. The maximum absolute atomic E-state index is 3.99. The van der Waals surface area contributed by atoms with Crippen molar-refractivity contribution in [3.8, 4) is 0 Å². The van der Waals surface area contributed by atoms with Gasteiger partial charge in [-0.05, 0) is 57.4 Å². The van der Waals surface area contributed by atoms with Gasteiger partial charge in [-0.2, -0.15) is 0 Å². The molecule has 1 aliphatic heterocycles. The van der Waals surface area contributed by atoms with E-state index in [9.17, 15) is 0 Å². The Morgan fingerprint density at radius 2 is 1.85 bits per heavy atom. The van der Waals surface area contributed by atoms with E-state index in [1.807, 2.05) is 0 Å². The summed E-state index contributed by atoms with van der Waals surface area (Å²) >= 11 is 0. The first-order valence-corrected chi connectivity index (χ1v) is 9.04. The summed E-state index contributed by atoms with van der Waals surface area (Å²) < 4.78 is 0. The molecule has 2 saturated carbocycles. The molecule has 20 heavy (non-hydrogen) atoms. The molecule has 3 fully saturated rings. The molecule has 0 aromatic carbocycles. The monoisotopic (exact) mass is 278 g/mol. The molecule has 0 aromatic rings. The van der Waals surface area contributed by atoms with Crippen molar-refractivity contribution in [2.24, 2.45) is 11.8 Å². The number of piperazine rings is 1. The summed E-state index contributed by atoms with van der Waals surface area (Å²) in [5.74, 6) is 1.78. The minimum atomic E-state index is 0.402. The van der Waals surface area contributed by atoms with Crippen LogP contribution >= 0.6 is 0 Å². The first-order valence-electron chi connectivity index (χ1n) is 9.04. The minimum Gasteiger partial charge on any atom is -0.308 e. The van der Waals surface area contributed by atoms with Gasteiger partial charge in [0.05, 0.1) is 0 Å². The second kappa shape index (κ2) is 5.61. The zero-order valence-electron chi connectivity index (χ0n) is 13.9. The largest absolute Gasteiger partial charge is 0.308 e. The lowest BCUT2D eigenvalue weighted by molar-refractivity contribution is -0.0229. The molecule has 1 N–H and O–H groups in total. The van der Waals surface area contributed by atoms with Crippen LogP contribution in [0, 0.1) is 11.8 Å². The Hall–Kier alpha value is -0.0800. The predicted molar refractivity (Wildman–Crippen MR) is 86.0 cm³/mol. The average molecular weight is 278 g/mol. The van der Waals surface area contributed by atoms with Gasteiger partial charge >= 0.3 is 0 Å².